The van der Waals surface area contributed by atoms with E-state index in [1.54, 1.807) is 16.2 Å². The molecule has 4 heterocycles. The Kier molecular flexibility index (Phi) is 8.91. The van der Waals surface area contributed by atoms with Crippen LogP contribution in [0.3, 0.4) is 0 Å². The number of imidazole rings is 1. The number of aryl methyl sites for hydroxylation is 2. The molecule has 1 N–H and O–H groups in total. The molecule has 0 aliphatic carbocycles. The number of hydrogen-bond acceptors (Lipinski definition) is 8. The number of thiazole rings is 1. The molecule has 0 spiro atoms. The highest BCUT2D eigenvalue weighted by Crippen LogP contribution is 2.31. The van der Waals surface area contributed by atoms with Crippen LogP contribution < -0.4 is 4.90 Å². The number of carbonyl (C=O) groups excluding carboxylic acids is 1. The van der Waals surface area contributed by atoms with Gasteiger partial charge in [-0.05, 0) is 31.1 Å². The van der Waals surface area contributed by atoms with Crippen molar-refractivity contribution in [3.63, 3.8) is 0 Å². The molecule has 0 bridgehead atoms. The number of benzene rings is 1. The predicted molar refractivity (Wildman–Crippen MR) is 166 cm³/mol. The highest BCUT2D eigenvalue weighted by Gasteiger charge is 2.30. The van der Waals surface area contributed by atoms with Crippen molar-refractivity contribution >= 4 is 34.3 Å². The third-order valence-electron chi connectivity index (χ3n) is 7.93. The van der Waals surface area contributed by atoms with Gasteiger partial charge < -0.3 is 24.4 Å². The largest absolute Gasteiger partial charge is 0.389 e. The van der Waals surface area contributed by atoms with Gasteiger partial charge in [0.05, 0.1) is 24.0 Å². The first-order valence-corrected chi connectivity index (χ1v) is 15.2. The number of aliphatic hydroxyl groups is 1. The van der Waals surface area contributed by atoms with Crippen LogP contribution in [0, 0.1) is 6.92 Å². The quantitative estimate of drug-likeness (QED) is 0.371. The molecule has 2 fully saturated rings. The number of hydrogen-bond donors (Lipinski definition) is 1. The molecule has 3 aromatic rings. The van der Waals surface area contributed by atoms with Crippen LogP contribution in [-0.2, 0) is 24.7 Å². The van der Waals surface area contributed by atoms with Crippen molar-refractivity contribution in [2.75, 3.05) is 57.8 Å². The fourth-order valence-corrected chi connectivity index (χ4v) is 6.12. The summed E-state index contributed by atoms with van der Waals surface area (Å²) in [6.45, 7) is 13.1. The predicted octanol–water partition coefficient (Wildman–Crippen LogP) is 3.45. The number of piperazine rings is 1. The summed E-state index contributed by atoms with van der Waals surface area (Å²) in [5, 5.41) is 12.5. The van der Waals surface area contributed by atoms with Gasteiger partial charge in [-0.15, -0.1) is 11.3 Å². The van der Waals surface area contributed by atoms with Crippen molar-refractivity contribution < 1.29 is 9.90 Å². The van der Waals surface area contributed by atoms with Crippen LogP contribution in [0.15, 0.2) is 48.0 Å². The molecular formula is C31H41N7O2S. The number of carbonyl (C=O) groups is 1. The maximum atomic E-state index is 12.3. The Morgan fingerprint density at radius 3 is 2.51 bits per heavy atom. The van der Waals surface area contributed by atoms with E-state index in [1.165, 1.54) is 11.1 Å². The van der Waals surface area contributed by atoms with Crippen LogP contribution in [0.4, 0.5) is 10.9 Å². The molecule has 218 valence electrons. The summed E-state index contributed by atoms with van der Waals surface area (Å²) in [4.78, 5) is 30.5. The number of likely N-dealkylation sites (tertiary alicyclic amines) is 1. The van der Waals surface area contributed by atoms with E-state index in [0.717, 1.165) is 72.9 Å². The van der Waals surface area contributed by atoms with Crippen LogP contribution in [0.25, 0.3) is 6.08 Å². The van der Waals surface area contributed by atoms with Gasteiger partial charge in [-0.3, -0.25) is 9.69 Å². The first-order chi connectivity index (χ1) is 19.7. The third-order valence-corrected chi connectivity index (χ3v) is 8.90. The fourth-order valence-electron chi connectivity index (χ4n) is 5.33. The number of amides is 1. The van der Waals surface area contributed by atoms with Gasteiger partial charge in [-0.2, -0.15) is 0 Å². The van der Waals surface area contributed by atoms with Crippen molar-refractivity contribution in [2.45, 2.75) is 32.8 Å². The maximum absolute atomic E-state index is 12.3. The summed E-state index contributed by atoms with van der Waals surface area (Å²) >= 11 is 1.65. The van der Waals surface area contributed by atoms with Gasteiger partial charge in [0.1, 0.15) is 11.6 Å². The molecule has 0 saturated carbocycles. The van der Waals surface area contributed by atoms with Gasteiger partial charge in [0, 0.05) is 70.9 Å². The number of β-amino-alcohol motifs (C(OH)–C–C–N with tert-alkyl or cyclic N) is 1. The van der Waals surface area contributed by atoms with Crippen molar-refractivity contribution in [2.24, 2.45) is 7.05 Å². The van der Waals surface area contributed by atoms with Crippen molar-refractivity contribution in [1.29, 1.82) is 0 Å². The summed E-state index contributed by atoms with van der Waals surface area (Å²) in [6, 6.07) is 8.63. The Bertz CT molecular complexity index is 1400. The minimum absolute atomic E-state index is 0.102. The molecule has 2 aromatic heterocycles. The highest BCUT2D eigenvalue weighted by molar-refractivity contribution is 7.13. The lowest BCUT2D eigenvalue weighted by Gasteiger charge is -2.39. The Morgan fingerprint density at radius 1 is 1.15 bits per heavy atom. The van der Waals surface area contributed by atoms with E-state index in [0.29, 0.717) is 19.6 Å². The van der Waals surface area contributed by atoms with Crippen LogP contribution in [0.5, 0.6) is 0 Å². The first-order valence-electron chi connectivity index (χ1n) is 14.3. The minimum atomic E-state index is -0.357. The number of aromatic nitrogens is 3. The van der Waals surface area contributed by atoms with Crippen molar-refractivity contribution in [3.8, 4) is 0 Å². The van der Waals surface area contributed by atoms with E-state index in [4.69, 9.17) is 9.97 Å². The number of allylic oxidation sites excluding steroid dienone is 1. The van der Waals surface area contributed by atoms with E-state index in [2.05, 4.69) is 76.4 Å². The van der Waals surface area contributed by atoms with E-state index >= 15 is 0 Å². The van der Waals surface area contributed by atoms with E-state index < -0.39 is 0 Å². The standard InChI is InChI=1S/C31H41N7O2S/c1-6-27-30(35(5)31-32-25(21-41-31)17-24-10-7-22(2)8-11-24)34(4)28(33-27)12-9-23(3)37-15-13-36(14-16-37)20-29(40)38-18-26(39)19-38/h7-12,21,26,39H,3,6,13-20H2,1-2,4-5H3. The zero-order valence-corrected chi connectivity index (χ0v) is 25.4. The first kappa shape index (κ1) is 29.0. The normalized spacial score (nSPS) is 16.4. The molecule has 9 nitrogen and oxygen atoms in total. The van der Waals surface area contributed by atoms with Gasteiger partial charge in [0.2, 0.25) is 5.91 Å². The lowest BCUT2D eigenvalue weighted by atomic mass is 10.1. The van der Waals surface area contributed by atoms with Gasteiger partial charge in [-0.25, -0.2) is 9.97 Å². The number of aliphatic hydroxyl groups excluding tert-OH is 1. The summed E-state index contributed by atoms with van der Waals surface area (Å²) in [5.74, 6) is 2.02. The second kappa shape index (κ2) is 12.6. The summed E-state index contributed by atoms with van der Waals surface area (Å²) in [7, 11) is 4.11. The van der Waals surface area contributed by atoms with Gasteiger partial charge >= 0.3 is 0 Å². The molecule has 1 aromatic carbocycles. The third kappa shape index (κ3) is 6.72. The van der Waals surface area contributed by atoms with Crippen LogP contribution in [0.1, 0.15) is 35.3 Å². The van der Waals surface area contributed by atoms with Crippen molar-refractivity contribution in [1.82, 2.24) is 29.2 Å². The molecule has 2 aliphatic heterocycles. The molecule has 2 aliphatic rings. The van der Waals surface area contributed by atoms with Gasteiger partial charge in [0.15, 0.2) is 5.13 Å². The van der Waals surface area contributed by atoms with Gasteiger partial charge in [0.25, 0.3) is 0 Å². The van der Waals surface area contributed by atoms with E-state index in [-0.39, 0.29) is 12.0 Å². The Hall–Kier alpha value is -3.47. The Morgan fingerprint density at radius 2 is 1.85 bits per heavy atom. The number of anilines is 2. The average molecular weight is 576 g/mol. The second-order valence-electron chi connectivity index (χ2n) is 11.0. The average Bonchev–Trinajstić information content (AvgIpc) is 3.55. The van der Waals surface area contributed by atoms with Crippen molar-refractivity contribution in [3.05, 3.63) is 76.3 Å². The molecular weight excluding hydrogens is 534 g/mol. The summed E-state index contributed by atoms with van der Waals surface area (Å²) in [6.07, 6.45) is 5.36. The maximum Gasteiger partial charge on any atom is 0.236 e. The van der Waals surface area contributed by atoms with Crippen LogP contribution in [0.2, 0.25) is 0 Å². The molecule has 41 heavy (non-hydrogen) atoms. The fraction of sp³-hybridized carbons (Fsp3) is 0.452. The molecule has 0 unspecified atom stereocenters. The molecule has 0 radical (unpaired) electrons. The summed E-state index contributed by atoms with van der Waals surface area (Å²) in [5.41, 5.74) is 5.57. The van der Waals surface area contributed by atoms with E-state index in [9.17, 15) is 9.90 Å². The SMILES string of the molecule is C=C(C=Cc1nc(CC)c(N(C)c2nc(Cc3ccc(C)cc3)cs2)n1C)N1CCN(CC(=O)N2CC(O)C2)CC1. The number of rotatable bonds is 10. The monoisotopic (exact) mass is 575 g/mol. The number of nitrogens with zero attached hydrogens (tertiary/aromatic N) is 7. The van der Waals surface area contributed by atoms with Crippen LogP contribution in [-0.4, -0.2) is 99.2 Å². The smallest absolute Gasteiger partial charge is 0.236 e. The molecule has 2 saturated heterocycles. The van der Waals surface area contributed by atoms with E-state index in [1.807, 2.05) is 19.2 Å². The lowest BCUT2D eigenvalue weighted by molar-refractivity contribution is -0.142. The second-order valence-corrected chi connectivity index (χ2v) is 11.9. The minimum Gasteiger partial charge on any atom is -0.389 e. The lowest BCUT2D eigenvalue weighted by Crippen LogP contribution is -2.57. The molecule has 0 atom stereocenters. The highest BCUT2D eigenvalue weighted by atomic mass is 32.1. The zero-order chi connectivity index (χ0) is 29.1. The molecule has 10 heteroatoms. The topological polar surface area (TPSA) is 81.0 Å². The molecule has 1 amide bonds. The Balaban J connectivity index is 1.19. The van der Waals surface area contributed by atoms with Crippen LogP contribution >= 0.6 is 11.3 Å². The van der Waals surface area contributed by atoms with Gasteiger partial charge in [-0.1, -0.05) is 43.3 Å². The Labute approximate surface area is 247 Å². The summed E-state index contributed by atoms with van der Waals surface area (Å²) < 4.78 is 2.12. The zero-order valence-electron chi connectivity index (χ0n) is 24.6. The molecule has 5 rings (SSSR count).